The number of rotatable bonds is 8. The zero-order chi connectivity index (χ0) is 12.7. The highest BCUT2D eigenvalue weighted by Crippen LogP contribution is 2.35. The monoisotopic (exact) mass is 317 g/mol. The van der Waals surface area contributed by atoms with E-state index in [1.165, 1.54) is 34.3 Å². The second-order valence-corrected chi connectivity index (χ2v) is 7.01. The van der Waals surface area contributed by atoms with E-state index in [4.69, 9.17) is 0 Å². The molecule has 0 aliphatic rings. The molecule has 1 heterocycles. The van der Waals surface area contributed by atoms with Crippen LogP contribution >= 0.6 is 27.3 Å². The van der Waals surface area contributed by atoms with Crippen molar-refractivity contribution in [3.63, 3.8) is 0 Å². The van der Waals surface area contributed by atoms with Gasteiger partial charge >= 0.3 is 0 Å². The molecule has 1 unspecified atom stereocenters. The lowest BCUT2D eigenvalue weighted by Gasteiger charge is -2.26. The minimum atomic E-state index is 0.538. The zero-order valence-electron chi connectivity index (χ0n) is 11.1. The van der Waals surface area contributed by atoms with Gasteiger partial charge in [-0.2, -0.15) is 0 Å². The van der Waals surface area contributed by atoms with Crippen molar-refractivity contribution in [2.75, 3.05) is 6.54 Å². The van der Waals surface area contributed by atoms with Crippen molar-refractivity contribution >= 4 is 27.3 Å². The predicted octanol–water partition coefficient (Wildman–Crippen LogP) is 5.38. The molecule has 0 spiro atoms. The van der Waals surface area contributed by atoms with Gasteiger partial charge in [-0.25, -0.2) is 0 Å². The molecule has 1 aromatic rings. The van der Waals surface area contributed by atoms with Crippen molar-refractivity contribution < 1.29 is 0 Å². The van der Waals surface area contributed by atoms with Crippen LogP contribution in [0.2, 0.25) is 0 Å². The average Bonchev–Trinajstić information content (AvgIpc) is 2.72. The smallest absolute Gasteiger partial charge is 0.0701 e. The van der Waals surface area contributed by atoms with E-state index in [0.29, 0.717) is 6.04 Å². The molecule has 0 saturated carbocycles. The fourth-order valence-electron chi connectivity index (χ4n) is 2.43. The molecule has 0 fully saturated rings. The van der Waals surface area contributed by atoms with Crippen LogP contribution in [0, 0.1) is 5.92 Å². The van der Waals surface area contributed by atoms with Crippen molar-refractivity contribution in [2.24, 2.45) is 5.92 Å². The first-order valence-electron chi connectivity index (χ1n) is 6.71. The summed E-state index contributed by atoms with van der Waals surface area (Å²) < 4.78 is 1.24. The molecule has 1 aromatic heterocycles. The number of nitrogens with one attached hydrogen (secondary N) is 1. The van der Waals surface area contributed by atoms with E-state index in [2.05, 4.69) is 54.2 Å². The summed E-state index contributed by atoms with van der Waals surface area (Å²) in [5.74, 6) is 0.774. The van der Waals surface area contributed by atoms with E-state index < -0.39 is 0 Å². The lowest BCUT2D eigenvalue weighted by atomic mass is 9.89. The summed E-state index contributed by atoms with van der Waals surface area (Å²) in [6.07, 6.45) is 5.19. The van der Waals surface area contributed by atoms with E-state index >= 15 is 0 Å². The van der Waals surface area contributed by atoms with Crippen LogP contribution < -0.4 is 5.32 Å². The van der Waals surface area contributed by atoms with Crippen LogP contribution in [0.25, 0.3) is 0 Å². The summed E-state index contributed by atoms with van der Waals surface area (Å²) in [5.41, 5.74) is 0. The summed E-state index contributed by atoms with van der Waals surface area (Å²) in [5, 5.41) is 3.67. The highest BCUT2D eigenvalue weighted by molar-refractivity contribution is 9.11. The Morgan fingerprint density at radius 2 is 1.82 bits per heavy atom. The molecular formula is C14H24BrNS. The Bertz CT molecular complexity index is 305. The number of hydrogen-bond donors (Lipinski definition) is 1. The van der Waals surface area contributed by atoms with Gasteiger partial charge in [0.2, 0.25) is 0 Å². The van der Waals surface area contributed by atoms with E-state index in [9.17, 15) is 0 Å². The van der Waals surface area contributed by atoms with Crippen molar-refractivity contribution in [3.8, 4) is 0 Å². The summed E-state index contributed by atoms with van der Waals surface area (Å²) in [4.78, 5) is 1.48. The van der Waals surface area contributed by atoms with Crippen molar-refractivity contribution in [3.05, 3.63) is 20.8 Å². The molecular weight excluding hydrogens is 294 g/mol. The fraction of sp³-hybridized carbons (Fsp3) is 0.714. The van der Waals surface area contributed by atoms with Gasteiger partial charge in [-0.1, -0.05) is 33.6 Å². The van der Waals surface area contributed by atoms with Crippen LogP contribution in [0.3, 0.4) is 0 Å². The molecule has 0 saturated heterocycles. The van der Waals surface area contributed by atoms with Crippen molar-refractivity contribution in [1.82, 2.24) is 5.32 Å². The standard InChI is InChI=1S/C14H24BrNS/c1-4-7-11(8-5-2)14(16-6-3)12-9-10-13(15)17-12/h9-11,14,16H,4-8H2,1-3H3. The SMILES string of the molecule is CCCC(CCC)C(NCC)c1ccc(Br)s1. The van der Waals surface area contributed by atoms with Crippen LogP contribution in [-0.4, -0.2) is 6.54 Å². The molecule has 0 bridgehead atoms. The maximum Gasteiger partial charge on any atom is 0.0701 e. The highest BCUT2D eigenvalue weighted by Gasteiger charge is 2.22. The van der Waals surface area contributed by atoms with Crippen LogP contribution in [0.1, 0.15) is 57.4 Å². The molecule has 1 rings (SSSR count). The lowest BCUT2D eigenvalue weighted by molar-refractivity contribution is 0.324. The Balaban J connectivity index is 2.80. The minimum Gasteiger partial charge on any atom is -0.309 e. The molecule has 3 heteroatoms. The molecule has 0 amide bonds. The molecule has 1 N–H and O–H groups in total. The Morgan fingerprint density at radius 1 is 1.18 bits per heavy atom. The normalized spacial score (nSPS) is 13.2. The van der Waals surface area contributed by atoms with E-state index in [1.54, 1.807) is 0 Å². The van der Waals surface area contributed by atoms with Gasteiger partial charge in [-0.05, 0) is 53.4 Å². The number of thiophene rings is 1. The largest absolute Gasteiger partial charge is 0.309 e. The van der Waals surface area contributed by atoms with E-state index in [0.717, 1.165) is 12.5 Å². The summed E-state index contributed by atoms with van der Waals surface area (Å²) in [7, 11) is 0. The van der Waals surface area contributed by atoms with Crippen molar-refractivity contribution in [2.45, 2.75) is 52.5 Å². The van der Waals surface area contributed by atoms with Crippen LogP contribution in [0.5, 0.6) is 0 Å². The average molecular weight is 318 g/mol. The summed E-state index contributed by atoms with van der Waals surface area (Å²) >= 11 is 5.44. The van der Waals surface area contributed by atoms with Gasteiger partial charge in [0.1, 0.15) is 0 Å². The third kappa shape index (κ3) is 4.72. The number of hydrogen-bond acceptors (Lipinski definition) is 2. The van der Waals surface area contributed by atoms with Gasteiger partial charge < -0.3 is 5.32 Å². The van der Waals surface area contributed by atoms with Crippen LogP contribution in [0.15, 0.2) is 15.9 Å². The molecule has 98 valence electrons. The molecule has 1 nitrogen and oxygen atoms in total. The topological polar surface area (TPSA) is 12.0 Å². The third-order valence-electron chi connectivity index (χ3n) is 3.11. The second-order valence-electron chi connectivity index (χ2n) is 4.51. The van der Waals surface area contributed by atoms with Gasteiger partial charge in [-0.3, -0.25) is 0 Å². The third-order valence-corrected chi connectivity index (χ3v) is 4.82. The van der Waals surface area contributed by atoms with E-state index in [-0.39, 0.29) is 0 Å². The number of halogens is 1. The molecule has 0 aliphatic carbocycles. The molecule has 17 heavy (non-hydrogen) atoms. The van der Waals surface area contributed by atoms with Gasteiger partial charge in [-0.15, -0.1) is 11.3 Å². The van der Waals surface area contributed by atoms with Crippen LogP contribution in [-0.2, 0) is 0 Å². The van der Waals surface area contributed by atoms with Crippen LogP contribution in [0.4, 0.5) is 0 Å². The minimum absolute atomic E-state index is 0.538. The zero-order valence-corrected chi connectivity index (χ0v) is 13.5. The van der Waals surface area contributed by atoms with Gasteiger partial charge in [0.25, 0.3) is 0 Å². The Labute approximate surface area is 118 Å². The van der Waals surface area contributed by atoms with Gasteiger partial charge in [0, 0.05) is 10.9 Å². The molecule has 0 aromatic carbocycles. The maximum absolute atomic E-state index is 3.67. The summed E-state index contributed by atoms with van der Waals surface area (Å²) in [6.45, 7) is 7.82. The molecule has 0 aliphatic heterocycles. The first-order chi connectivity index (χ1) is 8.22. The van der Waals surface area contributed by atoms with Crippen molar-refractivity contribution in [1.29, 1.82) is 0 Å². The predicted molar refractivity (Wildman–Crippen MR) is 81.7 cm³/mol. The quantitative estimate of drug-likeness (QED) is 0.679. The first-order valence-corrected chi connectivity index (χ1v) is 8.32. The van der Waals surface area contributed by atoms with Gasteiger partial charge in [0.15, 0.2) is 0 Å². The molecule has 0 radical (unpaired) electrons. The first kappa shape index (κ1) is 15.2. The lowest BCUT2D eigenvalue weighted by Crippen LogP contribution is -2.27. The Hall–Kier alpha value is 0.140. The Morgan fingerprint density at radius 3 is 2.24 bits per heavy atom. The van der Waals surface area contributed by atoms with E-state index in [1.807, 2.05) is 11.3 Å². The second kappa shape index (κ2) is 8.28. The fourth-order valence-corrected chi connectivity index (χ4v) is 4.03. The maximum atomic E-state index is 3.67. The van der Waals surface area contributed by atoms with Gasteiger partial charge in [0.05, 0.1) is 3.79 Å². The summed E-state index contributed by atoms with van der Waals surface area (Å²) in [6, 6.07) is 4.97. The Kier molecular flexibility index (Phi) is 7.40. The molecule has 1 atom stereocenters. The highest BCUT2D eigenvalue weighted by atomic mass is 79.9.